The number of hydrogen-bond acceptors (Lipinski definition) is 2. The quantitative estimate of drug-likeness (QED) is 0.622. The normalized spacial score (nSPS) is 12.2. The summed E-state index contributed by atoms with van der Waals surface area (Å²) in [4.78, 5) is 0. The van der Waals surface area contributed by atoms with E-state index >= 15 is 0 Å². The molecule has 2 nitrogen and oxygen atoms in total. The van der Waals surface area contributed by atoms with Crippen LogP contribution in [-0.2, 0) is 0 Å². The van der Waals surface area contributed by atoms with E-state index < -0.39 is 0 Å². The van der Waals surface area contributed by atoms with E-state index in [0.717, 1.165) is 33.4 Å². The molecule has 0 fully saturated rings. The van der Waals surface area contributed by atoms with Crippen molar-refractivity contribution in [2.75, 3.05) is 6.54 Å². The molecule has 1 unspecified atom stereocenters. The van der Waals surface area contributed by atoms with Gasteiger partial charge in [-0.3, -0.25) is 0 Å². The molecule has 2 aromatic carbocycles. The van der Waals surface area contributed by atoms with Gasteiger partial charge in [0.05, 0.1) is 4.47 Å². The summed E-state index contributed by atoms with van der Waals surface area (Å²) in [7, 11) is 0. The van der Waals surface area contributed by atoms with E-state index in [1.54, 1.807) is 0 Å². The van der Waals surface area contributed by atoms with E-state index in [2.05, 4.69) is 63.2 Å². The Hall–Kier alpha value is -0.840. The van der Waals surface area contributed by atoms with Crippen molar-refractivity contribution in [2.45, 2.75) is 26.3 Å². The van der Waals surface area contributed by atoms with E-state index in [-0.39, 0.29) is 0 Å². The average molecular weight is 413 g/mol. The zero-order valence-electron chi connectivity index (χ0n) is 12.2. The molecule has 1 atom stereocenters. The van der Waals surface area contributed by atoms with Crippen LogP contribution in [0.1, 0.15) is 31.9 Å². The zero-order valence-corrected chi connectivity index (χ0v) is 15.4. The standard InChI is InChI=1S/C17H19Br2NO/c1-3-9-20-12(2)13-7-8-17(16(19)10-13)21-15-6-4-5-14(18)11-15/h4-8,10-12,20H,3,9H2,1-2H3. The molecular weight excluding hydrogens is 394 g/mol. The molecule has 1 N–H and O–H groups in total. The highest BCUT2D eigenvalue weighted by Crippen LogP contribution is 2.32. The van der Waals surface area contributed by atoms with Crippen molar-refractivity contribution in [3.63, 3.8) is 0 Å². The fraction of sp³-hybridized carbons (Fsp3) is 0.294. The molecule has 0 bridgehead atoms. The summed E-state index contributed by atoms with van der Waals surface area (Å²) in [6.07, 6.45) is 1.13. The fourth-order valence-corrected chi connectivity index (χ4v) is 2.86. The molecule has 112 valence electrons. The summed E-state index contributed by atoms with van der Waals surface area (Å²) in [6, 6.07) is 14.4. The van der Waals surface area contributed by atoms with Gasteiger partial charge in [0.25, 0.3) is 0 Å². The van der Waals surface area contributed by atoms with Crippen molar-refractivity contribution in [1.82, 2.24) is 5.32 Å². The van der Waals surface area contributed by atoms with Gasteiger partial charge in [0, 0.05) is 10.5 Å². The van der Waals surface area contributed by atoms with Crippen LogP contribution in [0.3, 0.4) is 0 Å². The molecule has 0 amide bonds. The van der Waals surface area contributed by atoms with Gasteiger partial charge in [-0.2, -0.15) is 0 Å². The Morgan fingerprint density at radius 1 is 1.14 bits per heavy atom. The summed E-state index contributed by atoms with van der Waals surface area (Å²) in [5.74, 6) is 1.63. The van der Waals surface area contributed by atoms with Gasteiger partial charge in [0.15, 0.2) is 0 Å². The highest BCUT2D eigenvalue weighted by Gasteiger charge is 2.09. The Morgan fingerprint density at radius 2 is 1.95 bits per heavy atom. The number of halogens is 2. The third kappa shape index (κ3) is 4.83. The molecule has 0 heterocycles. The summed E-state index contributed by atoms with van der Waals surface area (Å²) in [5.41, 5.74) is 1.25. The van der Waals surface area contributed by atoms with Gasteiger partial charge in [0.1, 0.15) is 11.5 Å². The van der Waals surface area contributed by atoms with E-state index in [0.29, 0.717) is 6.04 Å². The maximum absolute atomic E-state index is 5.91. The Bertz CT molecular complexity index is 601. The summed E-state index contributed by atoms with van der Waals surface area (Å²) in [6.45, 7) is 5.37. The second kappa shape index (κ2) is 7.97. The number of benzene rings is 2. The first kappa shape index (κ1) is 16.5. The van der Waals surface area contributed by atoms with Gasteiger partial charge in [-0.25, -0.2) is 0 Å². The van der Waals surface area contributed by atoms with Crippen molar-refractivity contribution < 1.29 is 4.74 Å². The van der Waals surface area contributed by atoms with Crippen molar-refractivity contribution in [3.8, 4) is 11.5 Å². The minimum absolute atomic E-state index is 0.334. The highest BCUT2D eigenvalue weighted by molar-refractivity contribution is 9.10. The first-order valence-electron chi connectivity index (χ1n) is 7.06. The van der Waals surface area contributed by atoms with Gasteiger partial charge in [-0.05, 0) is 71.7 Å². The lowest BCUT2D eigenvalue weighted by atomic mass is 10.1. The second-order valence-electron chi connectivity index (χ2n) is 4.93. The molecule has 0 aliphatic heterocycles. The number of rotatable bonds is 6. The molecule has 0 saturated heterocycles. The van der Waals surface area contributed by atoms with Crippen LogP contribution in [0.15, 0.2) is 51.4 Å². The molecule has 0 saturated carbocycles. The van der Waals surface area contributed by atoms with Crippen molar-refractivity contribution in [2.24, 2.45) is 0 Å². The zero-order chi connectivity index (χ0) is 15.2. The third-order valence-corrected chi connectivity index (χ3v) is 4.29. The Labute approximate surface area is 143 Å². The number of ether oxygens (including phenoxy) is 1. The van der Waals surface area contributed by atoms with Gasteiger partial charge in [0.2, 0.25) is 0 Å². The Kier molecular flexibility index (Phi) is 6.27. The molecule has 0 aliphatic rings. The highest BCUT2D eigenvalue weighted by atomic mass is 79.9. The lowest BCUT2D eigenvalue weighted by Crippen LogP contribution is -2.19. The molecule has 21 heavy (non-hydrogen) atoms. The summed E-state index contributed by atoms with van der Waals surface area (Å²) in [5, 5.41) is 3.48. The predicted molar refractivity (Wildman–Crippen MR) is 95.1 cm³/mol. The minimum atomic E-state index is 0.334. The first-order chi connectivity index (χ1) is 10.1. The molecule has 4 heteroatoms. The van der Waals surface area contributed by atoms with Crippen molar-refractivity contribution in [3.05, 3.63) is 57.0 Å². The molecule has 2 rings (SSSR count). The van der Waals surface area contributed by atoms with E-state index in [1.807, 2.05) is 30.3 Å². The molecule has 0 aromatic heterocycles. The lowest BCUT2D eigenvalue weighted by molar-refractivity contribution is 0.478. The maximum atomic E-state index is 5.91. The van der Waals surface area contributed by atoms with Crippen molar-refractivity contribution >= 4 is 31.9 Å². The monoisotopic (exact) mass is 411 g/mol. The Morgan fingerprint density at radius 3 is 2.62 bits per heavy atom. The van der Waals surface area contributed by atoms with Crippen molar-refractivity contribution in [1.29, 1.82) is 0 Å². The topological polar surface area (TPSA) is 21.3 Å². The minimum Gasteiger partial charge on any atom is -0.456 e. The Balaban J connectivity index is 2.12. The summed E-state index contributed by atoms with van der Waals surface area (Å²) < 4.78 is 7.88. The van der Waals surface area contributed by atoms with E-state index in [9.17, 15) is 0 Å². The van der Waals surface area contributed by atoms with Gasteiger partial charge in [-0.15, -0.1) is 0 Å². The maximum Gasteiger partial charge on any atom is 0.141 e. The smallest absolute Gasteiger partial charge is 0.141 e. The fourth-order valence-electron chi connectivity index (χ4n) is 2.01. The molecule has 0 spiro atoms. The van der Waals surface area contributed by atoms with Gasteiger partial charge in [-0.1, -0.05) is 35.0 Å². The van der Waals surface area contributed by atoms with Crippen LogP contribution in [0, 0.1) is 0 Å². The van der Waals surface area contributed by atoms with Crippen LogP contribution in [0.5, 0.6) is 11.5 Å². The van der Waals surface area contributed by atoms with Crippen LogP contribution in [0.4, 0.5) is 0 Å². The van der Waals surface area contributed by atoms with Crippen LogP contribution < -0.4 is 10.1 Å². The van der Waals surface area contributed by atoms with Crippen LogP contribution in [0.2, 0.25) is 0 Å². The lowest BCUT2D eigenvalue weighted by Gasteiger charge is -2.15. The summed E-state index contributed by atoms with van der Waals surface area (Å²) >= 11 is 7.04. The second-order valence-corrected chi connectivity index (χ2v) is 6.70. The SMILES string of the molecule is CCCNC(C)c1ccc(Oc2cccc(Br)c2)c(Br)c1. The average Bonchev–Trinajstić information content (AvgIpc) is 2.47. The van der Waals surface area contributed by atoms with Crippen LogP contribution in [0.25, 0.3) is 0 Å². The number of hydrogen-bond donors (Lipinski definition) is 1. The first-order valence-corrected chi connectivity index (χ1v) is 8.65. The van der Waals surface area contributed by atoms with Crippen LogP contribution in [-0.4, -0.2) is 6.54 Å². The van der Waals surface area contributed by atoms with Gasteiger partial charge >= 0.3 is 0 Å². The third-order valence-electron chi connectivity index (χ3n) is 3.18. The van der Waals surface area contributed by atoms with E-state index in [4.69, 9.17) is 4.74 Å². The van der Waals surface area contributed by atoms with E-state index in [1.165, 1.54) is 5.56 Å². The molecule has 0 radical (unpaired) electrons. The van der Waals surface area contributed by atoms with Gasteiger partial charge < -0.3 is 10.1 Å². The molecule has 2 aromatic rings. The molecular formula is C17H19Br2NO. The van der Waals surface area contributed by atoms with Crippen LogP contribution >= 0.6 is 31.9 Å². The largest absolute Gasteiger partial charge is 0.456 e. The molecule has 0 aliphatic carbocycles. The predicted octanol–water partition coefficient (Wildman–Crippen LogP) is 6.06. The number of nitrogens with one attached hydrogen (secondary N) is 1.